The number of hydrogen-bond donors (Lipinski definition) is 3. The van der Waals surface area contributed by atoms with Crippen LogP contribution in [0.1, 0.15) is 71.6 Å². The maximum Gasteiger partial charge on any atom is 0.331 e. The number of hydrogen-bond acceptors (Lipinski definition) is 5. The van der Waals surface area contributed by atoms with Gasteiger partial charge in [0.2, 0.25) is 0 Å². The zero-order valence-corrected chi connectivity index (χ0v) is 21.5. The molecule has 0 bridgehead atoms. The number of rotatable bonds is 2. The SMILES string of the molecule is C[C@]12CCC(NC(=O)N3CCNCC3)C[C@H]1CC[C@@H]1[C@@H]2CC[C@]2(C)[C@@H](C3=CC(=O)OC3)CC[C@]12O. The standard InChI is InChI=1S/C28H43N3O4/c1-26-8-5-20(30-25(33)31-13-11-29-12-14-31)16-19(26)3-4-23-22(26)6-9-27(2)21(7-10-28(23,27)34)18-15-24(32)35-17-18/h15,19-23,29,34H,3-14,16-17H2,1-2H3,(H,30,33)/t19-,20?,21-,22+,23-,26+,27-,28+/m1/s1. The minimum atomic E-state index is -0.658. The lowest BCUT2D eigenvalue weighted by Crippen LogP contribution is -2.63. The van der Waals surface area contributed by atoms with Crippen LogP contribution in [-0.2, 0) is 9.53 Å². The van der Waals surface area contributed by atoms with E-state index in [-0.39, 0.29) is 34.8 Å². The number of aliphatic hydroxyl groups is 1. The maximum absolute atomic E-state index is 12.8. The monoisotopic (exact) mass is 485 g/mol. The minimum absolute atomic E-state index is 0.109. The van der Waals surface area contributed by atoms with E-state index in [2.05, 4.69) is 24.5 Å². The summed E-state index contributed by atoms with van der Waals surface area (Å²) in [6.45, 7) is 8.53. The summed E-state index contributed by atoms with van der Waals surface area (Å²) in [6.07, 6.45) is 11.1. The van der Waals surface area contributed by atoms with Crippen molar-refractivity contribution in [3.63, 3.8) is 0 Å². The van der Waals surface area contributed by atoms with Gasteiger partial charge in [0.05, 0.1) is 5.60 Å². The Balaban J connectivity index is 1.16. The third-order valence-electron chi connectivity index (χ3n) is 11.7. The highest BCUT2D eigenvalue weighted by atomic mass is 16.5. The van der Waals surface area contributed by atoms with Gasteiger partial charge in [-0.3, -0.25) is 0 Å². The van der Waals surface area contributed by atoms with E-state index in [4.69, 9.17) is 4.74 Å². The predicted molar refractivity (Wildman–Crippen MR) is 132 cm³/mol. The average molecular weight is 486 g/mol. The van der Waals surface area contributed by atoms with Crippen LogP contribution < -0.4 is 10.6 Å². The lowest BCUT2D eigenvalue weighted by atomic mass is 9.43. The molecule has 4 aliphatic carbocycles. The normalized spacial score (nSPS) is 47.3. The third kappa shape index (κ3) is 3.58. The highest BCUT2D eigenvalue weighted by molar-refractivity contribution is 5.85. The molecule has 6 aliphatic rings. The van der Waals surface area contributed by atoms with Crippen LogP contribution in [0.15, 0.2) is 11.6 Å². The fraction of sp³-hybridized carbons (Fsp3) is 0.857. The van der Waals surface area contributed by atoms with E-state index in [0.717, 1.165) is 89.5 Å². The predicted octanol–water partition coefficient (Wildman–Crippen LogP) is 3.23. The van der Waals surface area contributed by atoms with Gasteiger partial charge in [0, 0.05) is 43.7 Å². The van der Waals surface area contributed by atoms with Gasteiger partial charge >= 0.3 is 12.0 Å². The summed E-state index contributed by atoms with van der Waals surface area (Å²) in [5, 5.41) is 19.0. The highest BCUT2D eigenvalue weighted by Crippen LogP contribution is 2.69. The molecule has 194 valence electrons. The Hall–Kier alpha value is -1.60. The molecule has 4 saturated carbocycles. The number of nitrogens with zero attached hydrogens (tertiary/aromatic N) is 1. The van der Waals surface area contributed by atoms with Crippen molar-refractivity contribution in [2.75, 3.05) is 32.8 Å². The molecule has 2 aliphatic heterocycles. The molecule has 35 heavy (non-hydrogen) atoms. The van der Waals surface area contributed by atoms with E-state index < -0.39 is 5.60 Å². The summed E-state index contributed by atoms with van der Waals surface area (Å²) in [5.74, 6) is 1.51. The van der Waals surface area contributed by atoms with Crippen molar-refractivity contribution in [2.45, 2.75) is 83.3 Å². The van der Waals surface area contributed by atoms with Crippen LogP contribution in [0.3, 0.4) is 0 Å². The average Bonchev–Trinajstić information content (AvgIpc) is 3.39. The van der Waals surface area contributed by atoms with Gasteiger partial charge in [-0.2, -0.15) is 0 Å². The topological polar surface area (TPSA) is 90.9 Å². The van der Waals surface area contributed by atoms with Crippen LogP contribution in [0.5, 0.6) is 0 Å². The van der Waals surface area contributed by atoms with Gasteiger partial charge in [-0.1, -0.05) is 13.8 Å². The van der Waals surface area contributed by atoms with Gasteiger partial charge in [0.1, 0.15) is 6.61 Å². The molecule has 0 aromatic heterocycles. The van der Waals surface area contributed by atoms with E-state index in [1.807, 2.05) is 4.90 Å². The summed E-state index contributed by atoms with van der Waals surface area (Å²) in [6, 6.07) is 0.379. The molecule has 5 fully saturated rings. The number of fused-ring (bicyclic) bond motifs is 5. The lowest BCUT2D eigenvalue weighted by molar-refractivity contribution is -0.204. The number of piperazine rings is 1. The van der Waals surface area contributed by atoms with Crippen molar-refractivity contribution in [1.82, 2.24) is 15.5 Å². The molecule has 2 amide bonds. The van der Waals surface area contributed by atoms with Crippen LogP contribution in [0.4, 0.5) is 4.79 Å². The van der Waals surface area contributed by atoms with Gasteiger partial charge in [0.25, 0.3) is 0 Å². The first-order valence-corrected chi connectivity index (χ1v) is 14.1. The molecule has 0 aromatic carbocycles. The Morgan fingerprint density at radius 3 is 2.63 bits per heavy atom. The Kier molecular flexibility index (Phi) is 5.76. The summed E-state index contributed by atoms with van der Waals surface area (Å²) in [4.78, 5) is 26.5. The van der Waals surface area contributed by atoms with Crippen molar-refractivity contribution in [1.29, 1.82) is 0 Å². The Morgan fingerprint density at radius 1 is 1.09 bits per heavy atom. The van der Waals surface area contributed by atoms with E-state index >= 15 is 0 Å². The largest absolute Gasteiger partial charge is 0.458 e. The van der Waals surface area contributed by atoms with Crippen LogP contribution in [0.2, 0.25) is 0 Å². The summed E-state index contributed by atoms with van der Waals surface area (Å²) >= 11 is 0. The summed E-state index contributed by atoms with van der Waals surface area (Å²) < 4.78 is 5.26. The van der Waals surface area contributed by atoms with Crippen LogP contribution in [0, 0.1) is 34.5 Å². The molecule has 0 spiro atoms. The fourth-order valence-corrected chi connectivity index (χ4v) is 9.67. The van der Waals surface area contributed by atoms with Crippen molar-refractivity contribution in [2.24, 2.45) is 34.5 Å². The lowest BCUT2D eigenvalue weighted by Gasteiger charge is -2.64. The first-order valence-electron chi connectivity index (χ1n) is 14.1. The van der Waals surface area contributed by atoms with Crippen molar-refractivity contribution in [3.05, 3.63) is 11.6 Å². The molecule has 2 heterocycles. The van der Waals surface area contributed by atoms with Crippen molar-refractivity contribution in [3.8, 4) is 0 Å². The second-order valence-corrected chi connectivity index (χ2v) is 12.9. The highest BCUT2D eigenvalue weighted by Gasteiger charge is 2.67. The van der Waals surface area contributed by atoms with Gasteiger partial charge in [-0.05, 0) is 92.4 Å². The molecule has 8 atom stereocenters. The molecule has 0 radical (unpaired) electrons. The molecule has 7 nitrogen and oxygen atoms in total. The molecule has 7 heteroatoms. The number of amides is 2. The Bertz CT molecular complexity index is 916. The second-order valence-electron chi connectivity index (χ2n) is 12.9. The van der Waals surface area contributed by atoms with Gasteiger partial charge in [-0.15, -0.1) is 0 Å². The second kappa shape index (κ2) is 8.47. The summed E-state index contributed by atoms with van der Waals surface area (Å²) in [5.41, 5.74) is 0.507. The zero-order chi connectivity index (χ0) is 24.4. The number of urea groups is 1. The van der Waals surface area contributed by atoms with Crippen LogP contribution in [-0.4, -0.2) is 66.4 Å². The van der Waals surface area contributed by atoms with Crippen molar-refractivity contribution < 1.29 is 19.4 Å². The molecular formula is C28H43N3O4. The number of esters is 1. The quantitative estimate of drug-likeness (QED) is 0.523. The maximum atomic E-state index is 12.8. The third-order valence-corrected chi connectivity index (χ3v) is 11.7. The summed E-state index contributed by atoms with van der Waals surface area (Å²) in [7, 11) is 0. The first kappa shape index (κ1) is 23.8. The first-order chi connectivity index (χ1) is 16.7. The molecule has 6 rings (SSSR count). The van der Waals surface area contributed by atoms with E-state index in [1.54, 1.807) is 6.08 Å². The zero-order valence-electron chi connectivity index (χ0n) is 21.5. The van der Waals surface area contributed by atoms with Gasteiger partial charge in [-0.25, -0.2) is 9.59 Å². The van der Waals surface area contributed by atoms with E-state index in [0.29, 0.717) is 24.4 Å². The number of carbonyl (C=O) groups excluding carboxylic acids is 2. The molecular weight excluding hydrogens is 442 g/mol. The van der Waals surface area contributed by atoms with Crippen LogP contribution in [0.25, 0.3) is 0 Å². The molecule has 1 saturated heterocycles. The van der Waals surface area contributed by atoms with Crippen molar-refractivity contribution >= 4 is 12.0 Å². The Labute approximate surface area is 209 Å². The Morgan fingerprint density at radius 2 is 1.89 bits per heavy atom. The van der Waals surface area contributed by atoms with Gasteiger partial charge < -0.3 is 25.4 Å². The molecule has 3 N–H and O–H groups in total. The number of cyclic esters (lactones) is 1. The fourth-order valence-electron chi connectivity index (χ4n) is 9.67. The molecule has 1 unspecified atom stereocenters. The minimum Gasteiger partial charge on any atom is -0.458 e. The number of carbonyl (C=O) groups is 2. The smallest absolute Gasteiger partial charge is 0.331 e. The number of nitrogens with one attached hydrogen (secondary N) is 2. The number of ether oxygens (including phenoxy) is 1. The van der Waals surface area contributed by atoms with E-state index in [9.17, 15) is 14.7 Å². The molecule has 0 aromatic rings. The van der Waals surface area contributed by atoms with Gasteiger partial charge in [0.15, 0.2) is 0 Å². The van der Waals surface area contributed by atoms with E-state index in [1.165, 1.54) is 0 Å². The van der Waals surface area contributed by atoms with Crippen LogP contribution >= 0.6 is 0 Å².